The van der Waals surface area contributed by atoms with Crippen LogP contribution in [0.4, 0.5) is 0 Å². The summed E-state index contributed by atoms with van der Waals surface area (Å²) in [6.45, 7) is 4.64. The fraction of sp³-hybridized carbons (Fsp3) is 0.462. The van der Waals surface area contributed by atoms with Crippen molar-refractivity contribution in [1.82, 2.24) is 0 Å². The molecule has 3 nitrogen and oxygen atoms in total. The van der Waals surface area contributed by atoms with E-state index in [0.29, 0.717) is 24.5 Å². The van der Waals surface area contributed by atoms with E-state index in [2.05, 4.69) is 0 Å². The largest absolute Gasteiger partial charge is 0.490 e. The van der Waals surface area contributed by atoms with Gasteiger partial charge in [-0.1, -0.05) is 26.0 Å². The molecule has 0 N–H and O–H groups in total. The first-order valence-corrected chi connectivity index (χ1v) is 5.64. The molecule has 0 bridgehead atoms. The predicted octanol–water partition coefficient (Wildman–Crippen LogP) is 2.83. The Balaban J connectivity index is 2.59. The Hall–Kier alpha value is -1.51. The zero-order valence-electron chi connectivity index (χ0n) is 9.86. The molecule has 1 rings (SSSR count). The van der Waals surface area contributed by atoms with Crippen molar-refractivity contribution in [3.63, 3.8) is 0 Å². The Labute approximate surface area is 96.4 Å². The molecule has 0 unspecified atom stereocenters. The number of hydrogen-bond acceptors (Lipinski definition) is 3. The van der Waals surface area contributed by atoms with Gasteiger partial charge in [0.1, 0.15) is 6.61 Å². The van der Waals surface area contributed by atoms with E-state index < -0.39 is 0 Å². The summed E-state index contributed by atoms with van der Waals surface area (Å²) in [6, 6.07) is 7.42. The van der Waals surface area contributed by atoms with Gasteiger partial charge in [0.05, 0.1) is 6.61 Å². The van der Waals surface area contributed by atoms with E-state index in [9.17, 15) is 4.79 Å². The van der Waals surface area contributed by atoms with E-state index in [4.69, 9.17) is 9.47 Å². The molecule has 0 atom stereocenters. The van der Waals surface area contributed by atoms with Crippen LogP contribution in [-0.4, -0.2) is 19.0 Å². The molecule has 1 aromatic carbocycles. The summed E-state index contributed by atoms with van der Waals surface area (Å²) in [5, 5.41) is 0. The molecular weight excluding hydrogens is 204 g/mol. The Morgan fingerprint density at radius 2 is 1.75 bits per heavy atom. The second kappa shape index (κ2) is 6.88. The molecule has 0 saturated heterocycles. The molecule has 0 aromatic heterocycles. The number of ether oxygens (including phenoxy) is 2. The van der Waals surface area contributed by atoms with Crippen LogP contribution in [0.2, 0.25) is 0 Å². The number of rotatable bonds is 7. The third-order valence-electron chi connectivity index (χ3n) is 2.09. The SMILES string of the molecule is CCCOc1ccccc1OCC(=O)CC. The minimum Gasteiger partial charge on any atom is -0.490 e. The number of ketones is 1. The summed E-state index contributed by atoms with van der Waals surface area (Å²) in [5.74, 6) is 1.43. The monoisotopic (exact) mass is 222 g/mol. The van der Waals surface area contributed by atoms with Gasteiger partial charge in [0.15, 0.2) is 17.3 Å². The normalized spacial score (nSPS) is 9.88. The van der Waals surface area contributed by atoms with Gasteiger partial charge in [0.2, 0.25) is 0 Å². The summed E-state index contributed by atoms with van der Waals surface area (Å²) < 4.78 is 10.9. The van der Waals surface area contributed by atoms with Crippen LogP contribution >= 0.6 is 0 Å². The van der Waals surface area contributed by atoms with Crippen LogP contribution in [-0.2, 0) is 4.79 Å². The van der Waals surface area contributed by atoms with E-state index in [1.807, 2.05) is 38.1 Å². The van der Waals surface area contributed by atoms with Crippen molar-refractivity contribution in [2.45, 2.75) is 26.7 Å². The average molecular weight is 222 g/mol. The lowest BCUT2D eigenvalue weighted by Gasteiger charge is -2.11. The standard InChI is InChI=1S/C13H18O3/c1-3-9-15-12-7-5-6-8-13(12)16-10-11(14)4-2/h5-8H,3-4,9-10H2,1-2H3. The molecule has 3 heteroatoms. The summed E-state index contributed by atoms with van der Waals surface area (Å²) in [5.41, 5.74) is 0. The van der Waals surface area contributed by atoms with E-state index in [1.54, 1.807) is 0 Å². The molecule has 0 amide bonds. The highest BCUT2D eigenvalue weighted by Gasteiger charge is 2.05. The van der Waals surface area contributed by atoms with Crippen molar-refractivity contribution in [3.8, 4) is 11.5 Å². The molecule has 0 radical (unpaired) electrons. The zero-order chi connectivity index (χ0) is 11.8. The lowest BCUT2D eigenvalue weighted by atomic mass is 10.3. The van der Waals surface area contributed by atoms with Crippen LogP contribution in [0.3, 0.4) is 0 Å². The van der Waals surface area contributed by atoms with Gasteiger partial charge in [-0.25, -0.2) is 0 Å². The van der Waals surface area contributed by atoms with Crippen molar-refractivity contribution in [2.75, 3.05) is 13.2 Å². The first-order chi connectivity index (χ1) is 7.77. The summed E-state index contributed by atoms with van der Waals surface area (Å²) in [7, 11) is 0. The molecular formula is C13H18O3. The third-order valence-corrected chi connectivity index (χ3v) is 2.09. The number of carbonyl (C=O) groups excluding carboxylic acids is 1. The lowest BCUT2D eigenvalue weighted by Crippen LogP contribution is -2.10. The van der Waals surface area contributed by atoms with Crippen molar-refractivity contribution < 1.29 is 14.3 Å². The molecule has 88 valence electrons. The first kappa shape index (κ1) is 12.6. The van der Waals surface area contributed by atoms with E-state index in [0.717, 1.165) is 6.42 Å². The van der Waals surface area contributed by atoms with E-state index in [1.165, 1.54) is 0 Å². The van der Waals surface area contributed by atoms with Crippen LogP contribution in [0.15, 0.2) is 24.3 Å². The Bertz CT molecular complexity index is 334. The van der Waals surface area contributed by atoms with Gasteiger partial charge in [-0.15, -0.1) is 0 Å². The maximum Gasteiger partial charge on any atom is 0.169 e. The molecule has 0 aliphatic carbocycles. The molecule has 0 heterocycles. The molecule has 0 aliphatic rings. The minimum atomic E-state index is 0.0882. The average Bonchev–Trinajstić information content (AvgIpc) is 2.34. The Morgan fingerprint density at radius 3 is 2.31 bits per heavy atom. The highest BCUT2D eigenvalue weighted by atomic mass is 16.5. The quantitative estimate of drug-likeness (QED) is 0.711. The van der Waals surface area contributed by atoms with Crippen molar-refractivity contribution >= 4 is 5.78 Å². The third kappa shape index (κ3) is 3.93. The van der Waals surface area contributed by atoms with Gasteiger partial charge in [0, 0.05) is 6.42 Å². The van der Waals surface area contributed by atoms with E-state index >= 15 is 0 Å². The molecule has 0 saturated carbocycles. The second-order valence-electron chi connectivity index (χ2n) is 3.48. The van der Waals surface area contributed by atoms with Gasteiger partial charge in [-0.2, -0.15) is 0 Å². The van der Waals surface area contributed by atoms with Crippen LogP contribution < -0.4 is 9.47 Å². The highest BCUT2D eigenvalue weighted by molar-refractivity contribution is 5.79. The van der Waals surface area contributed by atoms with Gasteiger partial charge >= 0.3 is 0 Å². The minimum absolute atomic E-state index is 0.0882. The fourth-order valence-corrected chi connectivity index (χ4v) is 1.16. The lowest BCUT2D eigenvalue weighted by molar-refractivity contribution is -0.120. The number of carbonyl (C=O) groups is 1. The maximum absolute atomic E-state index is 11.1. The first-order valence-electron chi connectivity index (χ1n) is 5.64. The maximum atomic E-state index is 11.1. The number of hydrogen-bond donors (Lipinski definition) is 0. The van der Waals surface area contributed by atoms with Crippen molar-refractivity contribution in [2.24, 2.45) is 0 Å². The van der Waals surface area contributed by atoms with Crippen molar-refractivity contribution in [1.29, 1.82) is 0 Å². The molecule has 1 aromatic rings. The van der Waals surface area contributed by atoms with Gasteiger partial charge in [0.25, 0.3) is 0 Å². The number of benzene rings is 1. The summed E-state index contributed by atoms with van der Waals surface area (Å²) >= 11 is 0. The van der Waals surface area contributed by atoms with Gasteiger partial charge in [-0.3, -0.25) is 4.79 Å². The topological polar surface area (TPSA) is 35.5 Å². The van der Waals surface area contributed by atoms with Crippen LogP contribution in [0.5, 0.6) is 11.5 Å². The molecule has 0 aliphatic heterocycles. The van der Waals surface area contributed by atoms with Crippen LogP contribution in [0.1, 0.15) is 26.7 Å². The summed E-state index contributed by atoms with van der Waals surface area (Å²) in [6.07, 6.45) is 1.44. The summed E-state index contributed by atoms with van der Waals surface area (Å²) in [4.78, 5) is 11.1. The predicted molar refractivity (Wildman–Crippen MR) is 63.0 cm³/mol. The number of Topliss-reactive ketones (excluding diaryl/α,β-unsaturated/α-hetero) is 1. The smallest absolute Gasteiger partial charge is 0.169 e. The van der Waals surface area contributed by atoms with Crippen LogP contribution in [0.25, 0.3) is 0 Å². The Morgan fingerprint density at radius 1 is 1.12 bits per heavy atom. The fourth-order valence-electron chi connectivity index (χ4n) is 1.16. The molecule has 16 heavy (non-hydrogen) atoms. The molecule has 0 spiro atoms. The van der Waals surface area contributed by atoms with Crippen molar-refractivity contribution in [3.05, 3.63) is 24.3 Å². The Kier molecular flexibility index (Phi) is 5.40. The van der Waals surface area contributed by atoms with Crippen LogP contribution in [0, 0.1) is 0 Å². The highest BCUT2D eigenvalue weighted by Crippen LogP contribution is 2.26. The van der Waals surface area contributed by atoms with E-state index in [-0.39, 0.29) is 12.4 Å². The zero-order valence-corrected chi connectivity index (χ0v) is 9.86. The molecule has 0 fully saturated rings. The second-order valence-corrected chi connectivity index (χ2v) is 3.48. The number of para-hydroxylation sites is 2. The van der Waals surface area contributed by atoms with Gasteiger partial charge < -0.3 is 9.47 Å². The van der Waals surface area contributed by atoms with Gasteiger partial charge in [-0.05, 0) is 18.6 Å².